The third-order valence-electron chi connectivity index (χ3n) is 11.8. The molecule has 4 nitrogen and oxygen atoms in total. The Bertz CT molecular complexity index is 3190. The fraction of sp³-hybridized carbons (Fsp3) is 0. The van der Waals surface area contributed by atoms with E-state index < -0.39 is 0 Å². The summed E-state index contributed by atoms with van der Waals surface area (Å²) >= 11 is 6.44. The number of fused-ring (bicyclic) bond motifs is 6. The van der Waals surface area contributed by atoms with Crippen LogP contribution in [-0.4, -0.2) is 19.1 Å². The van der Waals surface area contributed by atoms with E-state index >= 15 is 0 Å². The highest BCUT2D eigenvalue weighted by molar-refractivity contribution is 9.11. The number of nitrogens with zero attached hydrogens (tertiary/aromatic N) is 4. The number of aromatic nitrogens is 4. The molecule has 12 aromatic rings. The Morgan fingerprint density at radius 1 is 0.250 bits per heavy atom. The molecule has 304 valence electrons. The summed E-state index contributed by atoms with van der Waals surface area (Å²) in [5, 5.41) is 4.80. The van der Waals surface area contributed by atoms with E-state index in [-0.39, 0.29) is 0 Å². The van der Waals surface area contributed by atoms with Gasteiger partial charge >= 0.3 is 0 Å². The molecule has 0 spiro atoms. The molecule has 4 aromatic heterocycles. The van der Waals surface area contributed by atoms with Crippen LogP contribution in [0, 0.1) is 0 Å². The van der Waals surface area contributed by atoms with Crippen molar-refractivity contribution in [3.05, 3.63) is 240 Å². The van der Waals surface area contributed by atoms with E-state index in [1.807, 2.05) is 18.2 Å². The highest BCUT2D eigenvalue weighted by Crippen LogP contribution is 2.39. The summed E-state index contributed by atoms with van der Waals surface area (Å²) in [6.45, 7) is 0. The number of halogens is 2. The van der Waals surface area contributed by atoms with Crippen LogP contribution in [0.1, 0.15) is 0 Å². The van der Waals surface area contributed by atoms with Crippen molar-refractivity contribution in [3.63, 3.8) is 0 Å². The van der Waals surface area contributed by atoms with E-state index in [2.05, 4.69) is 258 Å². The summed E-state index contributed by atoms with van der Waals surface area (Å²) in [5.74, 6) is 1.75. The Morgan fingerprint density at radius 2 is 0.531 bits per heavy atom. The van der Waals surface area contributed by atoms with Gasteiger partial charge in [-0.1, -0.05) is 158 Å². The van der Waals surface area contributed by atoms with E-state index in [1.165, 1.54) is 66.1 Å². The van der Waals surface area contributed by atoms with Gasteiger partial charge in [0.25, 0.3) is 0 Å². The largest absolute Gasteiger partial charge is 0.294 e. The van der Waals surface area contributed by atoms with Crippen molar-refractivity contribution >= 4 is 75.5 Å². The van der Waals surface area contributed by atoms with Gasteiger partial charge in [0.05, 0.1) is 22.1 Å². The summed E-state index contributed by atoms with van der Waals surface area (Å²) in [5.41, 5.74) is 14.1. The fourth-order valence-electron chi connectivity index (χ4n) is 8.83. The van der Waals surface area contributed by atoms with Crippen LogP contribution in [-0.2, 0) is 0 Å². The van der Waals surface area contributed by atoms with E-state index in [0.29, 0.717) is 0 Å². The molecule has 0 N–H and O–H groups in total. The second-order valence-electron chi connectivity index (χ2n) is 15.7. The predicted octanol–water partition coefficient (Wildman–Crippen LogP) is 16.6. The lowest BCUT2D eigenvalue weighted by Gasteiger charge is -2.12. The summed E-state index contributed by atoms with van der Waals surface area (Å²) < 4.78 is 6.36. The van der Waals surface area contributed by atoms with E-state index in [9.17, 15) is 0 Å². The van der Waals surface area contributed by atoms with Crippen molar-refractivity contribution in [1.82, 2.24) is 19.1 Å². The van der Waals surface area contributed by atoms with Gasteiger partial charge in [-0.05, 0) is 149 Å². The van der Waals surface area contributed by atoms with Gasteiger partial charge in [0.2, 0.25) is 0 Å². The first-order chi connectivity index (χ1) is 31.6. The van der Waals surface area contributed by atoms with Gasteiger partial charge in [0, 0.05) is 21.5 Å². The van der Waals surface area contributed by atoms with Crippen molar-refractivity contribution in [1.29, 1.82) is 0 Å². The van der Waals surface area contributed by atoms with Gasteiger partial charge in [0.15, 0.2) is 0 Å². The minimum atomic E-state index is 0.854. The van der Waals surface area contributed by atoms with Crippen LogP contribution in [0.25, 0.3) is 99.8 Å². The third kappa shape index (κ3) is 7.51. The van der Waals surface area contributed by atoms with Crippen molar-refractivity contribution in [2.45, 2.75) is 0 Å². The second-order valence-corrected chi connectivity index (χ2v) is 17.3. The summed E-state index contributed by atoms with van der Waals surface area (Å²) in [6, 6.07) is 81.9. The molecule has 0 radical (unpaired) electrons. The van der Waals surface area contributed by atoms with Crippen LogP contribution in [0.15, 0.2) is 240 Å². The number of benzene rings is 8. The maximum atomic E-state index is 5.51. The molecule has 64 heavy (non-hydrogen) atoms. The molecule has 0 amide bonds. The molecule has 0 saturated heterocycles. The lowest BCUT2D eigenvalue weighted by molar-refractivity contribution is 1.01. The monoisotopic (exact) mass is 948 g/mol. The first kappa shape index (κ1) is 39.5. The first-order valence-corrected chi connectivity index (χ1v) is 22.8. The molecule has 6 heteroatoms. The van der Waals surface area contributed by atoms with Crippen molar-refractivity contribution < 1.29 is 0 Å². The van der Waals surface area contributed by atoms with Crippen LogP contribution in [0.2, 0.25) is 0 Å². The van der Waals surface area contributed by atoms with Crippen LogP contribution < -0.4 is 0 Å². The molecule has 0 fully saturated rings. The van der Waals surface area contributed by atoms with Crippen LogP contribution in [0.4, 0.5) is 0 Å². The molecule has 0 aliphatic heterocycles. The summed E-state index contributed by atoms with van der Waals surface area (Å²) in [6.07, 6.45) is 0. The zero-order chi connectivity index (χ0) is 43.0. The molecule has 0 aliphatic rings. The molecular formula is C58H38Br2N4. The van der Waals surface area contributed by atoms with Crippen LogP contribution in [0.5, 0.6) is 0 Å². The standard InChI is InChI=1S/C53H35N3.C5H3Br2N/c1-5-14-36(15-6-1)40-24-28-48-44(32-40)45-33-41(37-16-7-2-8-17-37)25-29-49(45)55(48)52-22-13-23-53(54-52)56-50-30-26-42(38-18-9-3-10-19-38)34-46(50)47-35-43(27-31-51(47)56)39-20-11-4-12-21-39;6-4-2-1-3-5(7)8-4/h1-35H;1-3H. The first-order valence-electron chi connectivity index (χ1n) is 21.2. The molecule has 12 rings (SSSR count). The highest BCUT2D eigenvalue weighted by atomic mass is 79.9. The number of hydrogen-bond acceptors (Lipinski definition) is 2. The normalized spacial score (nSPS) is 11.3. The van der Waals surface area contributed by atoms with Gasteiger partial charge < -0.3 is 0 Å². The van der Waals surface area contributed by atoms with Crippen LogP contribution in [0.3, 0.4) is 0 Å². The van der Waals surface area contributed by atoms with Gasteiger partial charge in [0.1, 0.15) is 20.8 Å². The maximum absolute atomic E-state index is 5.51. The molecule has 0 atom stereocenters. The average molecular weight is 951 g/mol. The van der Waals surface area contributed by atoms with Gasteiger partial charge in [-0.3, -0.25) is 9.13 Å². The SMILES string of the molecule is Brc1cccc(Br)n1.c1ccc(-c2ccc3c(c2)c2cc(-c4ccccc4)ccc2n3-c2cccc(-n3c4ccc(-c5ccccc5)cc4c4cc(-c5ccccc5)ccc43)n2)cc1. The van der Waals surface area contributed by atoms with Crippen LogP contribution >= 0.6 is 31.9 Å². The molecule has 4 heterocycles. The van der Waals surface area contributed by atoms with E-state index in [0.717, 1.165) is 42.9 Å². The zero-order valence-electron chi connectivity index (χ0n) is 34.5. The molecule has 0 bridgehead atoms. The van der Waals surface area contributed by atoms with E-state index in [1.54, 1.807) is 0 Å². The topological polar surface area (TPSA) is 35.6 Å². The highest BCUT2D eigenvalue weighted by Gasteiger charge is 2.19. The molecular weight excluding hydrogens is 912 g/mol. The lowest BCUT2D eigenvalue weighted by atomic mass is 10.0. The number of rotatable bonds is 6. The summed E-state index contributed by atoms with van der Waals surface area (Å²) in [4.78, 5) is 9.51. The number of pyridine rings is 2. The molecule has 0 unspecified atom stereocenters. The Hall–Kier alpha value is -7.38. The molecule has 0 saturated carbocycles. The third-order valence-corrected chi connectivity index (χ3v) is 12.7. The average Bonchev–Trinajstić information content (AvgIpc) is 3.86. The fourth-order valence-corrected chi connectivity index (χ4v) is 9.75. The Kier molecular flexibility index (Phi) is 10.5. The quantitative estimate of drug-likeness (QED) is 0.156. The molecule has 0 aliphatic carbocycles. The minimum Gasteiger partial charge on any atom is -0.294 e. The van der Waals surface area contributed by atoms with Crippen molar-refractivity contribution in [3.8, 4) is 56.1 Å². The Morgan fingerprint density at radius 3 is 0.797 bits per heavy atom. The second kappa shape index (κ2) is 17.1. The summed E-state index contributed by atoms with van der Waals surface area (Å²) in [7, 11) is 0. The minimum absolute atomic E-state index is 0.854. The Labute approximate surface area is 388 Å². The number of hydrogen-bond donors (Lipinski definition) is 0. The predicted molar refractivity (Wildman–Crippen MR) is 274 cm³/mol. The van der Waals surface area contributed by atoms with Gasteiger partial charge in [-0.2, -0.15) is 0 Å². The van der Waals surface area contributed by atoms with Gasteiger partial charge in [-0.25, -0.2) is 9.97 Å². The van der Waals surface area contributed by atoms with Gasteiger partial charge in [-0.15, -0.1) is 0 Å². The lowest BCUT2D eigenvalue weighted by Crippen LogP contribution is -2.03. The molecule has 8 aromatic carbocycles. The van der Waals surface area contributed by atoms with E-state index in [4.69, 9.17) is 4.98 Å². The smallest absolute Gasteiger partial charge is 0.140 e. The Balaban J connectivity index is 0.000000518. The zero-order valence-corrected chi connectivity index (χ0v) is 37.7. The van der Waals surface area contributed by atoms with Crippen molar-refractivity contribution in [2.75, 3.05) is 0 Å². The maximum Gasteiger partial charge on any atom is 0.140 e. The van der Waals surface area contributed by atoms with Crippen molar-refractivity contribution in [2.24, 2.45) is 0 Å².